The fourth-order valence-electron chi connectivity index (χ4n) is 3.43. The summed E-state index contributed by atoms with van der Waals surface area (Å²) in [6.45, 7) is 8.18. The number of likely N-dealkylation sites (tertiary alicyclic amines) is 1. The summed E-state index contributed by atoms with van der Waals surface area (Å²) in [7, 11) is 1.65. The van der Waals surface area contributed by atoms with E-state index in [1.165, 1.54) is 11.8 Å². The molecule has 7 nitrogen and oxygen atoms in total. The Bertz CT molecular complexity index is 769. The number of hydrogen-bond donors (Lipinski definition) is 1. The molecule has 0 atom stereocenters. The fraction of sp³-hybridized carbons (Fsp3) is 0.550. The minimum Gasteiger partial charge on any atom is -0.497 e. The third kappa shape index (κ3) is 5.05. The lowest BCUT2D eigenvalue weighted by atomic mass is 10.1. The van der Waals surface area contributed by atoms with Gasteiger partial charge in [0.1, 0.15) is 5.75 Å². The monoisotopic (exact) mass is 403 g/mol. The zero-order valence-electron chi connectivity index (χ0n) is 16.9. The van der Waals surface area contributed by atoms with Crippen molar-refractivity contribution in [3.05, 3.63) is 24.3 Å². The number of methoxy groups -OCH3 is 1. The first-order valence-electron chi connectivity index (χ1n) is 9.86. The molecule has 1 aliphatic heterocycles. The van der Waals surface area contributed by atoms with Crippen LogP contribution in [0.2, 0.25) is 0 Å². The number of nitrogens with zero attached hydrogens (tertiary/aromatic N) is 4. The van der Waals surface area contributed by atoms with E-state index in [-0.39, 0.29) is 11.9 Å². The van der Waals surface area contributed by atoms with Gasteiger partial charge >= 0.3 is 0 Å². The third-order valence-electron chi connectivity index (χ3n) is 5.11. The van der Waals surface area contributed by atoms with Gasteiger partial charge in [-0.05, 0) is 50.6 Å². The van der Waals surface area contributed by atoms with Crippen LogP contribution in [0.3, 0.4) is 0 Å². The van der Waals surface area contributed by atoms with Crippen LogP contribution in [0.25, 0.3) is 11.4 Å². The van der Waals surface area contributed by atoms with E-state index in [4.69, 9.17) is 4.74 Å². The molecule has 0 saturated carbocycles. The van der Waals surface area contributed by atoms with Crippen molar-refractivity contribution >= 4 is 17.7 Å². The summed E-state index contributed by atoms with van der Waals surface area (Å²) in [4.78, 5) is 14.8. The minimum atomic E-state index is 0.0663. The molecule has 152 valence electrons. The highest BCUT2D eigenvalue weighted by Gasteiger charge is 2.20. The van der Waals surface area contributed by atoms with Crippen molar-refractivity contribution in [1.29, 1.82) is 0 Å². The number of thioether (sulfide) groups is 1. The largest absolute Gasteiger partial charge is 0.497 e. The summed E-state index contributed by atoms with van der Waals surface area (Å²) < 4.78 is 7.25. The SMILES string of the molecule is CCN1CCC(NC(=O)CSc2nnc(-c3ccc(OC)cc3)n2CC)CC1. The van der Waals surface area contributed by atoms with Crippen LogP contribution in [0, 0.1) is 0 Å². The Morgan fingerprint density at radius 3 is 2.50 bits per heavy atom. The van der Waals surface area contributed by atoms with Gasteiger partial charge in [0.2, 0.25) is 5.91 Å². The Balaban J connectivity index is 1.57. The first kappa shape index (κ1) is 20.7. The molecule has 1 aliphatic rings. The van der Waals surface area contributed by atoms with Crippen molar-refractivity contribution < 1.29 is 9.53 Å². The number of carbonyl (C=O) groups excluding carboxylic acids is 1. The topological polar surface area (TPSA) is 72.3 Å². The molecule has 1 amide bonds. The van der Waals surface area contributed by atoms with Gasteiger partial charge in [-0.3, -0.25) is 4.79 Å². The number of piperidine rings is 1. The number of rotatable bonds is 8. The molecule has 0 unspecified atom stereocenters. The number of carbonyl (C=O) groups is 1. The van der Waals surface area contributed by atoms with Gasteiger partial charge in [0.25, 0.3) is 0 Å². The van der Waals surface area contributed by atoms with Crippen LogP contribution in [-0.4, -0.2) is 64.1 Å². The first-order valence-corrected chi connectivity index (χ1v) is 10.8. The van der Waals surface area contributed by atoms with Crippen LogP contribution >= 0.6 is 11.8 Å². The van der Waals surface area contributed by atoms with Gasteiger partial charge in [-0.2, -0.15) is 0 Å². The maximum absolute atomic E-state index is 12.4. The van der Waals surface area contributed by atoms with Crippen LogP contribution in [0.1, 0.15) is 26.7 Å². The van der Waals surface area contributed by atoms with E-state index in [0.717, 1.165) is 61.3 Å². The van der Waals surface area contributed by atoms with Crippen LogP contribution in [0.4, 0.5) is 0 Å². The maximum atomic E-state index is 12.4. The number of nitrogens with one attached hydrogen (secondary N) is 1. The number of amides is 1. The molecule has 28 heavy (non-hydrogen) atoms. The predicted molar refractivity (Wildman–Crippen MR) is 112 cm³/mol. The second-order valence-electron chi connectivity index (χ2n) is 6.84. The lowest BCUT2D eigenvalue weighted by Crippen LogP contribution is -2.45. The van der Waals surface area contributed by atoms with Crippen molar-refractivity contribution in [3.63, 3.8) is 0 Å². The molecule has 3 rings (SSSR count). The predicted octanol–water partition coefficient (Wildman–Crippen LogP) is 2.67. The molecule has 8 heteroatoms. The summed E-state index contributed by atoms with van der Waals surface area (Å²) in [6.07, 6.45) is 2.05. The Morgan fingerprint density at radius 1 is 1.18 bits per heavy atom. The van der Waals surface area contributed by atoms with Gasteiger partial charge in [-0.15, -0.1) is 10.2 Å². The van der Waals surface area contributed by atoms with Gasteiger partial charge in [-0.25, -0.2) is 0 Å². The molecule has 2 heterocycles. The number of benzene rings is 1. The Morgan fingerprint density at radius 2 is 1.89 bits per heavy atom. The number of aromatic nitrogens is 3. The van der Waals surface area contributed by atoms with Crippen LogP contribution in [0.5, 0.6) is 5.75 Å². The van der Waals surface area contributed by atoms with Crippen LogP contribution in [-0.2, 0) is 11.3 Å². The van der Waals surface area contributed by atoms with E-state index in [2.05, 4.69) is 34.3 Å². The third-order valence-corrected chi connectivity index (χ3v) is 6.08. The van der Waals surface area contributed by atoms with Crippen molar-refractivity contribution in [2.24, 2.45) is 0 Å². The number of ether oxygens (including phenoxy) is 1. The van der Waals surface area contributed by atoms with Crippen molar-refractivity contribution in [2.45, 2.75) is 44.4 Å². The molecular formula is C20H29N5O2S. The smallest absolute Gasteiger partial charge is 0.230 e. The van der Waals surface area contributed by atoms with Crippen molar-refractivity contribution in [3.8, 4) is 17.1 Å². The van der Waals surface area contributed by atoms with E-state index < -0.39 is 0 Å². The van der Waals surface area contributed by atoms with E-state index >= 15 is 0 Å². The molecular weight excluding hydrogens is 374 g/mol. The van der Waals surface area contributed by atoms with Gasteiger partial charge < -0.3 is 19.5 Å². The molecule has 0 aliphatic carbocycles. The molecule has 0 radical (unpaired) electrons. The van der Waals surface area contributed by atoms with Crippen LogP contribution < -0.4 is 10.1 Å². The molecule has 1 N–H and O–H groups in total. The summed E-state index contributed by atoms with van der Waals surface area (Å²) in [5, 5.41) is 12.6. The molecule has 1 aromatic heterocycles. The second kappa shape index (κ2) is 9.93. The average molecular weight is 404 g/mol. The van der Waals surface area contributed by atoms with Crippen molar-refractivity contribution in [1.82, 2.24) is 25.0 Å². The Kier molecular flexibility index (Phi) is 7.33. The van der Waals surface area contributed by atoms with E-state index in [1.54, 1.807) is 7.11 Å². The average Bonchev–Trinajstić information content (AvgIpc) is 3.15. The normalized spacial score (nSPS) is 15.5. The lowest BCUT2D eigenvalue weighted by molar-refractivity contribution is -0.119. The van der Waals surface area contributed by atoms with Gasteiger partial charge in [-0.1, -0.05) is 18.7 Å². The summed E-state index contributed by atoms with van der Waals surface area (Å²) in [6, 6.07) is 8.05. The Labute approximate surface area is 170 Å². The quantitative estimate of drug-likeness (QED) is 0.683. The van der Waals surface area contributed by atoms with E-state index in [0.29, 0.717) is 5.75 Å². The van der Waals surface area contributed by atoms with Crippen molar-refractivity contribution in [2.75, 3.05) is 32.5 Å². The fourth-order valence-corrected chi connectivity index (χ4v) is 4.24. The summed E-state index contributed by atoms with van der Waals surface area (Å²) in [5.74, 6) is 2.04. The second-order valence-corrected chi connectivity index (χ2v) is 7.79. The highest BCUT2D eigenvalue weighted by molar-refractivity contribution is 7.99. The van der Waals surface area contributed by atoms with E-state index in [9.17, 15) is 4.79 Å². The molecule has 0 bridgehead atoms. The standard InChI is InChI=1S/C20H29N5O2S/c1-4-24-12-10-16(11-13-24)21-18(26)14-28-20-23-22-19(25(20)5-2)15-6-8-17(27-3)9-7-15/h6-9,16H,4-5,10-14H2,1-3H3,(H,21,26). The minimum absolute atomic E-state index is 0.0663. The molecule has 2 aromatic rings. The van der Waals surface area contributed by atoms with Gasteiger partial charge in [0, 0.05) is 31.2 Å². The molecule has 1 aromatic carbocycles. The summed E-state index contributed by atoms with van der Waals surface area (Å²) in [5.41, 5.74) is 0.981. The number of hydrogen-bond acceptors (Lipinski definition) is 6. The molecule has 0 spiro atoms. The van der Waals surface area contributed by atoms with Crippen LogP contribution in [0.15, 0.2) is 29.4 Å². The maximum Gasteiger partial charge on any atom is 0.230 e. The molecule has 1 saturated heterocycles. The van der Waals surface area contributed by atoms with Gasteiger partial charge in [0.15, 0.2) is 11.0 Å². The molecule has 1 fully saturated rings. The highest BCUT2D eigenvalue weighted by Crippen LogP contribution is 2.25. The zero-order valence-corrected chi connectivity index (χ0v) is 17.7. The highest BCUT2D eigenvalue weighted by atomic mass is 32.2. The first-order chi connectivity index (χ1) is 13.6. The van der Waals surface area contributed by atoms with Gasteiger partial charge in [0.05, 0.1) is 12.9 Å². The van der Waals surface area contributed by atoms with E-state index in [1.807, 2.05) is 28.8 Å². The lowest BCUT2D eigenvalue weighted by Gasteiger charge is -2.31. The summed E-state index contributed by atoms with van der Waals surface area (Å²) >= 11 is 1.44. The Hall–Kier alpha value is -2.06. The zero-order chi connectivity index (χ0) is 19.9.